The van der Waals surface area contributed by atoms with E-state index in [4.69, 9.17) is 10.8 Å². The van der Waals surface area contributed by atoms with Crippen LogP contribution in [0, 0.1) is 5.82 Å². The van der Waals surface area contributed by atoms with Crippen molar-refractivity contribution in [3.05, 3.63) is 35.6 Å². The predicted octanol–water partition coefficient (Wildman–Crippen LogP) is -0.682. The Morgan fingerprint density at radius 1 is 1.21 bits per heavy atom. The monoisotopic (exact) mass is 339 g/mol. The van der Waals surface area contributed by atoms with Crippen LogP contribution in [-0.2, 0) is 25.6 Å². The summed E-state index contributed by atoms with van der Waals surface area (Å²) in [6.45, 7) is 1.19. The van der Waals surface area contributed by atoms with E-state index in [2.05, 4.69) is 10.6 Å². The summed E-state index contributed by atoms with van der Waals surface area (Å²) >= 11 is 0. The van der Waals surface area contributed by atoms with Crippen molar-refractivity contribution in [3.63, 3.8) is 0 Å². The van der Waals surface area contributed by atoms with Gasteiger partial charge in [-0.2, -0.15) is 0 Å². The van der Waals surface area contributed by atoms with Crippen LogP contribution in [0.25, 0.3) is 0 Å². The fraction of sp³-hybridized carbons (Fsp3) is 0.333. The van der Waals surface area contributed by atoms with Crippen LogP contribution in [0.3, 0.4) is 0 Å². The van der Waals surface area contributed by atoms with Crippen molar-refractivity contribution >= 4 is 23.7 Å². The molecule has 1 aromatic carbocycles. The van der Waals surface area contributed by atoms with E-state index in [1.807, 2.05) is 0 Å². The molecule has 0 aromatic heterocycles. The minimum absolute atomic E-state index is 0.0400. The highest BCUT2D eigenvalue weighted by Crippen LogP contribution is 2.07. The van der Waals surface area contributed by atoms with Gasteiger partial charge in [0, 0.05) is 13.3 Å². The van der Waals surface area contributed by atoms with E-state index in [-0.39, 0.29) is 6.42 Å². The van der Waals surface area contributed by atoms with Crippen LogP contribution in [0.2, 0.25) is 0 Å². The lowest BCUT2D eigenvalue weighted by Gasteiger charge is -2.21. The summed E-state index contributed by atoms with van der Waals surface area (Å²) < 4.78 is 13.2. The lowest BCUT2D eigenvalue weighted by molar-refractivity contribution is -0.140. The third-order valence-corrected chi connectivity index (χ3v) is 3.06. The van der Waals surface area contributed by atoms with E-state index in [0.29, 0.717) is 5.56 Å². The van der Waals surface area contributed by atoms with Gasteiger partial charge in [0.25, 0.3) is 0 Å². The molecule has 0 heterocycles. The summed E-state index contributed by atoms with van der Waals surface area (Å²) in [5, 5.41) is 13.3. The highest BCUT2D eigenvalue weighted by atomic mass is 19.1. The maximum Gasteiger partial charge on any atom is 0.305 e. The van der Waals surface area contributed by atoms with Gasteiger partial charge in [-0.15, -0.1) is 0 Å². The molecule has 24 heavy (non-hydrogen) atoms. The number of primary amides is 1. The molecule has 0 radical (unpaired) electrons. The Hall–Kier alpha value is -2.97. The number of carboxylic acid groups (broad SMARTS) is 1. The first-order valence-corrected chi connectivity index (χ1v) is 7.02. The van der Waals surface area contributed by atoms with E-state index in [9.17, 15) is 23.6 Å². The minimum Gasteiger partial charge on any atom is -0.481 e. The summed E-state index contributed by atoms with van der Waals surface area (Å²) in [7, 11) is 0. The Labute approximate surface area is 137 Å². The lowest BCUT2D eigenvalue weighted by atomic mass is 10.0. The Bertz CT molecular complexity index is 650. The van der Waals surface area contributed by atoms with Gasteiger partial charge in [0.1, 0.15) is 17.9 Å². The van der Waals surface area contributed by atoms with Crippen LogP contribution >= 0.6 is 0 Å². The molecule has 1 rings (SSSR count). The van der Waals surface area contributed by atoms with Gasteiger partial charge in [0.05, 0.1) is 6.42 Å². The topological polar surface area (TPSA) is 139 Å². The molecule has 1 aromatic rings. The Morgan fingerprint density at radius 2 is 1.88 bits per heavy atom. The zero-order valence-electron chi connectivity index (χ0n) is 12.9. The van der Waals surface area contributed by atoms with Gasteiger partial charge in [0.15, 0.2) is 0 Å². The third-order valence-electron chi connectivity index (χ3n) is 3.06. The van der Waals surface area contributed by atoms with Crippen molar-refractivity contribution in [2.24, 2.45) is 5.73 Å². The number of aliphatic carboxylic acids is 1. The smallest absolute Gasteiger partial charge is 0.305 e. The molecule has 0 aliphatic rings. The zero-order valence-corrected chi connectivity index (χ0v) is 12.9. The van der Waals surface area contributed by atoms with Crippen molar-refractivity contribution < 1.29 is 28.7 Å². The second-order valence-corrected chi connectivity index (χ2v) is 5.15. The normalized spacial score (nSPS) is 12.8. The average Bonchev–Trinajstić information content (AvgIpc) is 2.44. The number of hydrogen-bond donors (Lipinski definition) is 4. The standard InChI is InChI=1S/C15H18FN3O5/c1-8(20)18-12(6-9-3-2-4-10(16)5-9)15(24)19-11(14(17)23)7-13(21)22/h2-5,11-12H,6-7H2,1H3,(H2,17,23)(H,18,20)(H,19,24)(H,21,22)/t11-,12+/m1/s1. The van der Waals surface area contributed by atoms with Crippen molar-refractivity contribution in [2.75, 3.05) is 0 Å². The van der Waals surface area contributed by atoms with E-state index in [0.717, 1.165) is 0 Å². The van der Waals surface area contributed by atoms with Gasteiger partial charge in [-0.1, -0.05) is 12.1 Å². The van der Waals surface area contributed by atoms with Gasteiger partial charge < -0.3 is 21.5 Å². The second kappa shape index (κ2) is 8.61. The highest BCUT2D eigenvalue weighted by molar-refractivity contribution is 5.93. The van der Waals surface area contributed by atoms with Crippen molar-refractivity contribution in [2.45, 2.75) is 31.8 Å². The van der Waals surface area contributed by atoms with Crippen molar-refractivity contribution in [1.82, 2.24) is 10.6 Å². The second-order valence-electron chi connectivity index (χ2n) is 5.15. The average molecular weight is 339 g/mol. The molecule has 9 heteroatoms. The Balaban J connectivity index is 2.89. The first-order chi connectivity index (χ1) is 11.2. The quantitative estimate of drug-likeness (QED) is 0.497. The van der Waals surface area contributed by atoms with Crippen LogP contribution < -0.4 is 16.4 Å². The van der Waals surface area contributed by atoms with E-state index >= 15 is 0 Å². The number of nitrogens with two attached hydrogens (primary N) is 1. The van der Waals surface area contributed by atoms with Crippen LogP contribution in [0.1, 0.15) is 18.9 Å². The molecule has 0 spiro atoms. The number of nitrogens with one attached hydrogen (secondary N) is 2. The molecule has 2 atom stereocenters. The highest BCUT2D eigenvalue weighted by Gasteiger charge is 2.26. The van der Waals surface area contributed by atoms with Gasteiger partial charge in [-0.25, -0.2) is 4.39 Å². The van der Waals surface area contributed by atoms with Crippen LogP contribution in [0.4, 0.5) is 4.39 Å². The zero-order chi connectivity index (χ0) is 18.3. The largest absolute Gasteiger partial charge is 0.481 e. The third kappa shape index (κ3) is 6.42. The SMILES string of the molecule is CC(=O)N[C@@H](Cc1cccc(F)c1)C(=O)N[C@H](CC(=O)O)C(N)=O. The number of halogens is 1. The summed E-state index contributed by atoms with van der Waals surface area (Å²) in [5.74, 6) is -4.14. The van der Waals surface area contributed by atoms with E-state index in [1.165, 1.54) is 25.1 Å². The van der Waals surface area contributed by atoms with Gasteiger partial charge in [-0.3, -0.25) is 19.2 Å². The summed E-state index contributed by atoms with van der Waals surface area (Å²) in [6, 6.07) is 2.91. The van der Waals surface area contributed by atoms with E-state index in [1.54, 1.807) is 6.07 Å². The maximum atomic E-state index is 13.2. The van der Waals surface area contributed by atoms with Gasteiger partial charge >= 0.3 is 5.97 Å². The molecule has 0 aliphatic heterocycles. The number of carbonyl (C=O) groups is 4. The Morgan fingerprint density at radius 3 is 2.38 bits per heavy atom. The first kappa shape index (κ1) is 19.1. The minimum atomic E-state index is -1.42. The van der Waals surface area contributed by atoms with Crippen LogP contribution in [0.15, 0.2) is 24.3 Å². The molecule has 8 nitrogen and oxygen atoms in total. The van der Waals surface area contributed by atoms with Gasteiger partial charge in [0.2, 0.25) is 17.7 Å². The molecule has 0 aliphatic carbocycles. The molecule has 0 unspecified atom stereocenters. The summed E-state index contributed by atoms with van der Waals surface area (Å²) in [5.41, 5.74) is 5.50. The number of carbonyl (C=O) groups excluding carboxylic acids is 3. The fourth-order valence-corrected chi connectivity index (χ4v) is 2.02. The number of carboxylic acids is 1. The van der Waals surface area contributed by atoms with Crippen LogP contribution in [0.5, 0.6) is 0 Å². The lowest BCUT2D eigenvalue weighted by Crippen LogP contribution is -2.53. The summed E-state index contributed by atoms with van der Waals surface area (Å²) in [6.07, 6.45) is -0.727. The maximum absolute atomic E-state index is 13.2. The fourth-order valence-electron chi connectivity index (χ4n) is 2.02. The number of amides is 3. The summed E-state index contributed by atoms with van der Waals surface area (Å²) in [4.78, 5) is 45.4. The predicted molar refractivity (Wildman–Crippen MR) is 81.1 cm³/mol. The number of benzene rings is 1. The van der Waals surface area contributed by atoms with E-state index < -0.39 is 48.0 Å². The Kier molecular flexibility index (Phi) is 6.84. The molecule has 0 saturated carbocycles. The van der Waals surface area contributed by atoms with Crippen molar-refractivity contribution in [3.8, 4) is 0 Å². The van der Waals surface area contributed by atoms with Gasteiger partial charge in [-0.05, 0) is 17.7 Å². The first-order valence-electron chi connectivity index (χ1n) is 7.02. The van der Waals surface area contributed by atoms with Crippen LogP contribution in [-0.4, -0.2) is 40.9 Å². The van der Waals surface area contributed by atoms with Crippen molar-refractivity contribution in [1.29, 1.82) is 0 Å². The molecule has 3 amide bonds. The molecule has 0 fully saturated rings. The molecule has 0 saturated heterocycles. The molecule has 5 N–H and O–H groups in total. The molecule has 130 valence electrons. The number of hydrogen-bond acceptors (Lipinski definition) is 4. The molecule has 0 bridgehead atoms. The molecular formula is C15H18FN3O5. The molecular weight excluding hydrogens is 321 g/mol. The number of rotatable bonds is 8.